The van der Waals surface area contributed by atoms with Gasteiger partial charge in [0.15, 0.2) is 0 Å². The number of hydrogen-bond acceptors (Lipinski definition) is 4. The zero-order chi connectivity index (χ0) is 15.1. The number of likely N-dealkylation sites (tertiary alicyclic amines) is 1. The van der Waals surface area contributed by atoms with Gasteiger partial charge in [0.2, 0.25) is 0 Å². The SMILES string of the molecule is CCOC(=O)N1CCC(NCC(O)c2ccccc2)CC1. The minimum Gasteiger partial charge on any atom is -0.450 e. The van der Waals surface area contributed by atoms with Crippen LogP contribution in [0.1, 0.15) is 31.4 Å². The van der Waals surface area contributed by atoms with Gasteiger partial charge in [0.25, 0.3) is 0 Å². The highest BCUT2D eigenvalue weighted by Gasteiger charge is 2.23. The van der Waals surface area contributed by atoms with E-state index in [4.69, 9.17) is 4.74 Å². The Bertz CT molecular complexity index is 430. The molecular formula is C16H24N2O3. The molecule has 2 rings (SSSR count). The number of nitrogens with one attached hydrogen (secondary N) is 1. The van der Waals surface area contributed by atoms with E-state index in [-0.39, 0.29) is 6.09 Å². The maximum absolute atomic E-state index is 11.6. The lowest BCUT2D eigenvalue weighted by Crippen LogP contribution is -2.45. The van der Waals surface area contributed by atoms with Gasteiger partial charge in [-0.25, -0.2) is 4.79 Å². The van der Waals surface area contributed by atoms with Crippen LogP contribution in [0.2, 0.25) is 0 Å². The maximum atomic E-state index is 11.6. The van der Waals surface area contributed by atoms with Crippen LogP contribution in [0.15, 0.2) is 30.3 Å². The summed E-state index contributed by atoms with van der Waals surface area (Å²) in [5.41, 5.74) is 0.925. The molecule has 1 unspecified atom stereocenters. The van der Waals surface area contributed by atoms with E-state index in [0.29, 0.717) is 32.3 Å². The summed E-state index contributed by atoms with van der Waals surface area (Å²) in [7, 11) is 0. The lowest BCUT2D eigenvalue weighted by molar-refractivity contribution is 0.0928. The summed E-state index contributed by atoms with van der Waals surface area (Å²) < 4.78 is 5.00. The van der Waals surface area contributed by atoms with E-state index in [1.165, 1.54) is 0 Å². The predicted octanol–water partition coefficient (Wildman–Crippen LogP) is 1.93. The van der Waals surface area contributed by atoms with Crippen LogP contribution in [0.25, 0.3) is 0 Å². The van der Waals surface area contributed by atoms with Crippen LogP contribution in [-0.4, -0.2) is 48.4 Å². The van der Waals surface area contributed by atoms with Crippen LogP contribution >= 0.6 is 0 Å². The standard InChI is InChI=1S/C16H24N2O3/c1-2-21-16(20)18-10-8-14(9-11-18)17-12-15(19)13-6-4-3-5-7-13/h3-7,14-15,17,19H,2,8-12H2,1H3. The highest BCUT2D eigenvalue weighted by Crippen LogP contribution is 2.14. The van der Waals surface area contributed by atoms with E-state index < -0.39 is 6.10 Å². The summed E-state index contributed by atoms with van der Waals surface area (Å²) in [6.45, 7) is 4.18. The first-order chi connectivity index (χ1) is 10.2. The van der Waals surface area contributed by atoms with Crippen molar-refractivity contribution in [3.8, 4) is 0 Å². The number of benzene rings is 1. The molecule has 1 heterocycles. The second-order valence-corrected chi connectivity index (χ2v) is 5.29. The second kappa shape index (κ2) is 8.00. The first kappa shape index (κ1) is 15.8. The molecule has 5 nitrogen and oxygen atoms in total. The third-order valence-electron chi connectivity index (χ3n) is 3.81. The van der Waals surface area contributed by atoms with Crippen LogP contribution in [-0.2, 0) is 4.74 Å². The number of piperidine rings is 1. The lowest BCUT2D eigenvalue weighted by Gasteiger charge is -2.32. The molecule has 1 atom stereocenters. The van der Waals surface area contributed by atoms with E-state index >= 15 is 0 Å². The Balaban J connectivity index is 1.70. The molecule has 116 valence electrons. The molecule has 1 saturated heterocycles. The van der Waals surface area contributed by atoms with Crippen molar-refractivity contribution in [3.05, 3.63) is 35.9 Å². The molecule has 1 aliphatic rings. The average Bonchev–Trinajstić information content (AvgIpc) is 2.54. The number of carbonyl (C=O) groups is 1. The number of carbonyl (C=O) groups excluding carboxylic acids is 1. The van der Waals surface area contributed by atoms with Gasteiger partial charge in [-0.3, -0.25) is 0 Å². The number of hydrogen-bond donors (Lipinski definition) is 2. The van der Waals surface area contributed by atoms with Crippen molar-refractivity contribution in [1.82, 2.24) is 10.2 Å². The van der Waals surface area contributed by atoms with Crippen molar-refractivity contribution in [3.63, 3.8) is 0 Å². The van der Waals surface area contributed by atoms with Gasteiger partial charge in [-0.15, -0.1) is 0 Å². The molecule has 1 aliphatic heterocycles. The number of ether oxygens (including phenoxy) is 1. The van der Waals surface area contributed by atoms with Gasteiger partial charge in [0.05, 0.1) is 12.7 Å². The largest absolute Gasteiger partial charge is 0.450 e. The molecule has 0 saturated carbocycles. The Morgan fingerprint density at radius 2 is 2.05 bits per heavy atom. The number of nitrogens with zero attached hydrogens (tertiary/aromatic N) is 1. The minimum atomic E-state index is -0.491. The number of aliphatic hydroxyl groups is 1. The monoisotopic (exact) mass is 292 g/mol. The van der Waals surface area contributed by atoms with Gasteiger partial charge >= 0.3 is 6.09 Å². The minimum absolute atomic E-state index is 0.222. The molecule has 2 N–H and O–H groups in total. The Labute approximate surface area is 125 Å². The summed E-state index contributed by atoms with van der Waals surface area (Å²) in [4.78, 5) is 13.3. The first-order valence-electron chi connectivity index (χ1n) is 7.58. The summed E-state index contributed by atoms with van der Waals surface area (Å²) in [5, 5.41) is 13.5. The quantitative estimate of drug-likeness (QED) is 0.870. The van der Waals surface area contributed by atoms with Crippen molar-refractivity contribution >= 4 is 6.09 Å². The third-order valence-corrected chi connectivity index (χ3v) is 3.81. The Hall–Kier alpha value is -1.59. The predicted molar refractivity (Wildman–Crippen MR) is 81.0 cm³/mol. The van der Waals surface area contributed by atoms with Crippen LogP contribution < -0.4 is 5.32 Å². The molecule has 5 heteroatoms. The summed E-state index contributed by atoms with van der Waals surface area (Å²) in [6, 6.07) is 9.99. The van der Waals surface area contributed by atoms with Crippen LogP contribution in [0.4, 0.5) is 4.79 Å². The molecule has 1 amide bonds. The zero-order valence-corrected chi connectivity index (χ0v) is 12.5. The van der Waals surface area contributed by atoms with Crippen LogP contribution in [0, 0.1) is 0 Å². The van der Waals surface area contributed by atoms with E-state index in [1.807, 2.05) is 37.3 Å². The molecule has 1 aromatic rings. The summed E-state index contributed by atoms with van der Waals surface area (Å²) >= 11 is 0. The second-order valence-electron chi connectivity index (χ2n) is 5.29. The highest BCUT2D eigenvalue weighted by molar-refractivity contribution is 5.67. The van der Waals surface area contributed by atoms with Gasteiger partial charge in [-0.1, -0.05) is 30.3 Å². The van der Waals surface area contributed by atoms with Crippen LogP contribution in [0.3, 0.4) is 0 Å². The fourth-order valence-electron chi connectivity index (χ4n) is 2.55. The Morgan fingerprint density at radius 3 is 2.67 bits per heavy atom. The summed E-state index contributed by atoms with van der Waals surface area (Å²) in [6.07, 6.45) is 1.07. The van der Waals surface area contributed by atoms with E-state index in [0.717, 1.165) is 18.4 Å². The van der Waals surface area contributed by atoms with Crippen molar-refractivity contribution in [2.75, 3.05) is 26.2 Å². The topological polar surface area (TPSA) is 61.8 Å². The van der Waals surface area contributed by atoms with Crippen molar-refractivity contribution < 1.29 is 14.6 Å². The molecule has 0 aromatic heterocycles. The molecular weight excluding hydrogens is 268 g/mol. The third kappa shape index (κ3) is 4.72. The molecule has 21 heavy (non-hydrogen) atoms. The van der Waals surface area contributed by atoms with Gasteiger partial charge < -0.3 is 20.1 Å². The maximum Gasteiger partial charge on any atom is 0.409 e. The van der Waals surface area contributed by atoms with Gasteiger partial charge in [-0.2, -0.15) is 0 Å². The summed E-state index contributed by atoms with van der Waals surface area (Å²) in [5.74, 6) is 0. The number of rotatable bonds is 5. The fraction of sp³-hybridized carbons (Fsp3) is 0.562. The average molecular weight is 292 g/mol. The Kier molecular flexibility index (Phi) is 6.02. The molecule has 0 spiro atoms. The van der Waals surface area contributed by atoms with Crippen molar-refractivity contribution in [2.45, 2.75) is 31.9 Å². The molecule has 1 fully saturated rings. The smallest absolute Gasteiger partial charge is 0.409 e. The zero-order valence-electron chi connectivity index (χ0n) is 12.5. The van der Waals surface area contributed by atoms with Gasteiger partial charge in [0, 0.05) is 25.7 Å². The normalized spacial score (nSPS) is 17.5. The molecule has 0 aliphatic carbocycles. The van der Waals surface area contributed by atoms with Crippen molar-refractivity contribution in [2.24, 2.45) is 0 Å². The number of amides is 1. The van der Waals surface area contributed by atoms with E-state index in [2.05, 4.69) is 5.32 Å². The van der Waals surface area contributed by atoms with E-state index in [9.17, 15) is 9.90 Å². The molecule has 0 radical (unpaired) electrons. The molecule has 1 aromatic carbocycles. The fourth-order valence-corrected chi connectivity index (χ4v) is 2.55. The van der Waals surface area contributed by atoms with Gasteiger partial charge in [0.1, 0.15) is 0 Å². The lowest BCUT2D eigenvalue weighted by atomic mass is 10.0. The highest BCUT2D eigenvalue weighted by atomic mass is 16.6. The van der Waals surface area contributed by atoms with Crippen molar-refractivity contribution in [1.29, 1.82) is 0 Å². The Morgan fingerprint density at radius 1 is 1.38 bits per heavy atom. The number of aliphatic hydroxyl groups excluding tert-OH is 1. The first-order valence-corrected chi connectivity index (χ1v) is 7.58. The molecule has 0 bridgehead atoms. The van der Waals surface area contributed by atoms with Crippen LogP contribution in [0.5, 0.6) is 0 Å². The van der Waals surface area contributed by atoms with E-state index in [1.54, 1.807) is 4.90 Å². The van der Waals surface area contributed by atoms with Gasteiger partial charge in [-0.05, 0) is 25.3 Å².